The predicted molar refractivity (Wildman–Crippen MR) is 103 cm³/mol. The van der Waals surface area contributed by atoms with Gasteiger partial charge in [-0.25, -0.2) is 13.6 Å². The van der Waals surface area contributed by atoms with Crippen molar-refractivity contribution in [2.75, 3.05) is 28.6 Å². The van der Waals surface area contributed by atoms with Gasteiger partial charge in [-0.3, -0.25) is 0 Å². The lowest BCUT2D eigenvalue weighted by Crippen LogP contribution is -2.45. The Bertz CT molecular complexity index is 840. The van der Waals surface area contributed by atoms with E-state index in [4.69, 9.17) is 16.3 Å². The molecule has 2 unspecified atom stereocenters. The SMILES string of the molecule is CC1CN(c2ccc(NC(=O)Nc3ccc(F)cc3F)cc2Cl)CC(C)O1. The minimum Gasteiger partial charge on any atom is -0.372 e. The molecule has 0 aromatic heterocycles. The van der Waals surface area contributed by atoms with Crippen LogP contribution in [0.3, 0.4) is 0 Å². The second-order valence-corrected chi connectivity index (χ2v) is 6.94. The zero-order valence-corrected chi connectivity index (χ0v) is 15.7. The molecule has 2 atom stereocenters. The molecular weight excluding hydrogens is 376 g/mol. The predicted octanol–water partition coefficient (Wildman–Crippen LogP) is 4.88. The van der Waals surface area contributed by atoms with Crippen LogP contribution in [0.2, 0.25) is 5.02 Å². The Labute approximate surface area is 161 Å². The van der Waals surface area contributed by atoms with Gasteiger partial charge in [0.25, 0.3) is 0 Å². The van der Waals surface area contributed by atoms with Crippen LogP contribution in [0.25, 0.3) is 0 Å². The standard InChI is InChI=1S/C19H20ClF2N3O2/c1-11-9-25(10-12(2)27-11)18-6-4-14(8-15(18)20)23-19(26)24-17-5-3-13(21)7-16(17)22/h3-8,11-12H,9-10H2,1-2H3,(H2,23,24,26). The smallest absolute Gasteiger partial charge is 0.323 e. The van der Waals surface area contributed by atoms with Gasteiger partial charge in [0.1, 0.15) is 11.6 Å². The summed E-state index contributed by atoms with van der Waals surface area (Å²) in [5.41, 5.74) is 1.19. The van der Waals surface area contributed by atoms with E-state index in [-0.39, 0.29) is 17.9 Å². The molecule has 0 bridgehead atoms. The maximum atomic E-state index is 13.6. The number of morpholine rings is 1. The van der Waals surface area contributed by atoms with Crippen LogP contribution in [0.4, 0.5) is 30.6 Å². The van der Waals surface area contributed by atoms with Crippen molar-refractivity contribution in [3.8, 4) is 0 Å². The van der Waals surface area contributed by atoms with Crippen LogP contribution in [0.15, 0.2) is 36.4 Å². The van der Waals surface area contributed by atoms with Gasteiger partial charge in [-0.1, -0.05) is 11.6 Å². The molecule has 2 aromatic carbocycles. The Kier molecular flexibility index (Phi) is 5.82. The van der Waals surface area contributed by atoms with E-state index in [1.807, 2.05) is 19.9 Å². The average Bonchev–Trinajstić information content (AvgIpc) is 2.56. The Balaban J connectivity index is 1.67. The third-order valence-corrected chi connectivity index (χ3v) is 4.45. The summed E-state index contributed by atoms with van der Waals surface area (Å²) >= 11 is 6.39. The number of hydrogen-bond donors (Lipinski definition) is 2. The molecule has 0 aliphatic carbocycles. The molecule has 27 heavy (non-hydrogen) atoms. The Hall–Kier alpha value is -2.38. The van der Waals surface area contributed by atoms with Crippen LogP contribution in [0, 0.1) is 11.6 Å². The number of carbonyl (C=O) groups is 1. The second kappa shape index (κ2) is 8.10. The number of hydrogen-bond acceptors (Lipinski definition) is 3. The third-order valence-electron chi connectivity index (χ3n) is 4.15. The molecule has 1 aliphatic rings. The highest BCUT2D eigenvalue weighted by atomic mass is 35.5. The Morgan fingerprint density at radius 3 is 2.44 bits per heavy atom. The molecule has 1 fully saturated rings. The molecular formula is C19H20ClF2N3O2. The van der Waals surface area contributed by atoms with E-state index >= 15 is 0 Å². The normalized spacial score (nSPS) is 19.7. The maximum absolute atomic E-state index is 13.6. The van der Waals surface area contributed by atoms with Crippen LogP contribution in [-0.2, 0) is 4.74 Å². The van der Waals surface area contributed by atoms with Crippen LogP contribution >= 0.6 is 11.6 Å². The molecule has 0 saturated carbocycles. The van der Waals surface area contributed by atoms with E-state index in [2.05, 4.69) is 15.5 Å². The minimum absolute atomic E-state index is 0.0963. The zero-order valence-electron chi connectivity index (χ0n) is 14.9. The molecule has 1 heterocycles. The van der Waals surface area contributed by atoms with Crippen molar-refractivity contribution in [2.24, 2.45) is 0 Å². The van der Waals surface area contributed by atoms with Crippen molar-refractivity contribution in [2.45, 2.75) is 26.1 Å². The molecule has 2 N–H and O–H groups in total. The van der Waals surface area contributed by atoms with Gasteiger partial charge in [0.15, 0.2) is 0 Å². The summed E-state index contributed by atoms with van der Waals surface area (Å²) in [6.45, 7) is 5.46. The first-order valence-corrected chi connectivity index (χ1v) is 8.92. The number of ether oxygens (including phenoxy) is 1. The Morgan fingerprint density at radius 2 is 1.81 bits per heavy atom. The van der Waals surface area contributed by atoms with E-state index in [1.54, 1.807) is 12.1 Å². The number of urea groups is 1. The first-order chi connectivity index (χ1) is 12.8. The third kappa shape index (κ3) is 4.87. The highest BCUT2D eigenvalue weighted by Gasteiger charge is 2.23. The van der Waals surface area contributed by atoms with Crippen LogP contribution < -0.4 is 15.5 Å². The van der Waals surface area contributed by atoms with Gasteiger partial charge < -0.3 is 20.3 Å². The first kappa shape index (κ1) is 19.4. The van der Waals surface area contributed by atoms with Gasteiger partial charge in [-0.15, -0.1) is 0 Å². The average molecular weight is 396 g/mol. The summed E-state index contributed by atoms with van der Waals surface area (Å²) in [5.74, 6) is -1.57. The molecule has 0 spiro atoms. The van der Waals surface area contributed by atoms with E-state index in [0.29, 0.717) is 16.8 Å². The van der Waals surface area contributed by atoms with E-state index < -0.39 is 17.7 Å². The monoisotopic (exact) mass is 395 g/mol. The van der Waals surface area contributed by atoms with Crippen molar-refractivity contribution in [1.29, 1.82) is 0 Å². The number of nitrogens with zero attached hydrogens (tertiary/aromatic N) is 1. The molecule has 8 heteroatoms. The summed E-state index contributed by atoms with van der Waals surface area (Å²) in [6.07, 6.45) is 0.193. The topological polar surface area (TPSA) is 53.6 Å². The van der Waals surface area contributed by atoms with Gasteiger partial charge in [-0.2, -0.15) is 0 Å². The first-order valence-electron chi connectivity index (χ1n) is 8.55. The van der Waals surface area contributed by atoms with E-state index in [9.17, 15) is 13.6 Å². The lowest BCUT2D eigenvalue weighted by Gasteiger charge is -2.37. The van der Waals surface area contributed by atoms with Gasteiger partial charge in [-0.05, 0) is 44.2 Å². The largest absolute Gasteiger partial charge is 0.372 e. The molecule has 0 radical (unpaired) electrons. The molecule has 2 amide bonds. The fraction of sp³-hybridized carbons (Fsp3) is 0.316. The van der Waals surface area contributed by atoms with Gasteiger partial charge in [0, 0.05) is 24.8 Å². The van der Waals surface area contributed by atoms with Crippen molar-refractivity contribution in [3.05, 3.63) is 53.1 Å². The number of halogens is 3. The summed E-state index contributed by atoms with van der Waals surface area (Å²) in [6, 6.07) is 7.43. The fourth-order valence-electron chi connectivity index (χ4n) is 3.09. The number of nitrogens with one attached hydrogen (secondary N) is 2. The molecule has 1 aliphatic heterocycles. The van der Waals surface area contributed by atoms with Gasteiger partial charge in [0.05, 0.1) is 28.6 Å². The summed E-state index contributed by atoms with van der Waals surface area (Å²) in [5, 5.41) is 5.40. The number of rotatable bonds is 3. The quantitative estimate of drug-likeness (QED) is 0.779. The van der Waals surface area contributed by atoms with Crippen LogP contribution in [-0.4, -0.2) is 31.3 Å². The van der Waals surface area contributed by atoms with Gasteiger partial charge in [0.2, 0.25) is 0 Å². The maximum Gasteiger partial charge on any atom is 0.323 e. The lowest BCUT2D eigenvalue weighted by molar-refractivity contribution is -0.00520. The number of benzene rings is 2. The number of amides is 2. The highest BCUT2D eigenvalue weighted by Crippen LogP contribution is 2.31. The highest BCUT2D eigenvalue weighted by molar-refractivity contribution is 6.33. The summed E-state index contributed by atoms with van der Waals surface area (Å²) in [4.78, 5) is 14.2. The molecule has 1 saturated heterocycles. The molecule has 2 aromatic rings. The molecule has 3 rings (SSSR count). The van der Waals surface area contributed by atoms with Gasteiger partial charge >= 0.3 is 6.03 Å². The fourth-order valence-corrected chi connectivity index (χ4v) is 3.39. The second-order valence-electron chi connectivity index (χ2n) is 6.53. The van der Waals surface area contributed by atoms with Crippen LogP contribution in [0.1, 0.15) is 13.8 Å². The van der Waals surface area contributed by atoms with Crippen molar-refractivity contribution >= 4 is 34.7 Å². The summed E-state index contributed by atoms with van der Waals surface area (Å²) < 4.78 is 32.3. The van der Waals surface area contributed by atoms with Crippen molar-refractivity contribution in [3.63, 3.8) is 0 Å². The zero-order chi connectivity index (χ0) is 19.6. The number of anilines is 3. The minimum atomic E-state index is -0.853. The van der Waals surface area contributed by atoms with Crippen molar-refractivity contribution < 1.29 is 18.3 Å². The van der Waals surface area contributed by atoms with E-state index in [1.165, 1.54) is 0 Å². The molecule has 5 nitrogen and oxygen atoms in total. The Morgan fingerprint density at radius 1 is 1.11 bits per heavy atom. The lowest BCUT2D eigenvalue weighted by atomic mass is 10.2. The van der Waals surface area contributed by atoms with Crippen molar-refractivity contribution in [1.82, 2.24) is 0 Å². The summed E-state index contributed by atoms with van der Waals surface area (Å²) in [7, 11) is 0. The number of carbonyl (C=O) groups excluding carboxylic acids is 1. The van der Waals surface area contributed by atoms with Crippen LogP contribution in [0.5, 0.6) is 0 Å². The van der Waals surface area contributed by atoms with E-state index in [0.717, 1.165) is 30.9 Å². The molecule has 144 valence electrons.